The maximum Gasteiger partial charge on any atom is 0.303 e. The third kappa shape index (κ3) is 5.29. The van der Waals surface area contributed by atoms with E-state index in [-0.39, 0.29) is 6.42 Å². The quantitative estimate of drug-likeness (QED) is 0.471. The second-order valence-electron chi connectivity index (χ2n) is 7.55. The summed E-state index contributed by atoms with van der Waals surface area (Å²) >= 11 is 0. The van der Waals surface area contributed by atoms with E-state index in [1.807, 2.05) is 36.4 Å². The standard InChI is InChI=1S/C25H28O4/c1-17(2)20-10-8-18(3)16-24(20)29-15-14-28-23-12-9-19-6-4-5-7-21(19)22(23)11-13-25(26)27/h4-10,12,16-17H,11,13-15H2,1-3H3,(H,26,27). The fourth-order valence-corrected chi connectivity index (χ4v) is 3.49. The number of ether oxygens (including phenoxy) is 2. The van der Waals surface area contributed by atoms with Gasteiger partial charge in [0.25, 0.3) is 0 Å². The average molecular weight is 392 g/mol. The number of aliphatic carboxylic acids is 1. The lowest BCUT2D eigenvalue weighted by Gasteiger charge is -2.17. The number of benzene rings is 3. The second-order valence-corrected chi connectivity index (χ2v) is 7.55. The van der Waals surface area contributed by atoms with Crippen LogP contribution in [0.5, 0.6) is 11.5 Å². The summed E-state index contributed by atoms with van der Waals surface area (Å²) in [5, 5.41) is 11.2. The first kappa shape index (κ1) is 20.7. The van der Waals surface area contributed by atoms with E-state index in [9.17, 15) is 4.79 Å². The zero-order valence-electron chi connectivity index (χ0n) is 17.3. The van der Waals surface area contributed by atoms with Crippen LogP contribution < -0.4 is 9.47 Å². The first-order valence-corrected chi connectivity index (χ1v) is 10.0. The Bertz CT molecular complexity index is 991. The normalized spacial score (nSPS) is 11.0. The van der Waals surface area contributed by atoms with Gasteiger partial charge in [0.1, 0.15) is 24.7 Å². The van der Waals surface area contributed by atoms with Crippen molar-refractivity contribution in [2.45, 2.75) is 39.5 Å². The van der Waals surface area contributed by atoms with Crippen LogP contribution in [0.25, 0.3) is 10.8 Å². The molecule has 0 saturated heterocycles. The van der Waals surface area contributed by atoms with Gasteiger partial charge in [-0.15, -0.1) is 0 Å². The Kier molecular flexibility index (Phi) is 6.76. The first-order chi connectivity index (χ1) is 14.0. The number of carbonyl (C=O) groups is 1. The number of aryl methyl sites for hydroxylation is 2. The molecule has 0 unspecified atom stereocenters. The largest absolute Gasteiger partial charge is 0.490 e. The van der Waals surface area contributed by atoms with Crippen LogP contribution in [-0.4, -0.2) is 24.3 Å². The topological polar surface area (TPSA) is 55.8 Å². The molecule has 0 aromatic heterocycles. The average Bonchev–Trinajstić information content (AvgIpc) is 2.69. The molecule has 0 aliphatic rings. The van der Waals surface area contributed by atoms with Crippen LogP contribution >= 0.6 is 0 Å². The van der Waals surface area contributed by atoms with E-state index in [1.54, 1.807) is 0 Å². The second kappa shape index (κ2) is 9.46. The Labute approximate surface area is 172 Å². The number of hydrogen-bond donors (Lipinski definition) is 1. The smallest absolute Gasteiger partial charge is 0.303 e. The van der Waals surface area contributed by atoms with Crippen LogP contribution in [0.3, 0.4) is 0 Å². The predicted octanol–water partition coefficient (Wildman–Crippen LogP) is 5.75. The number of carboxylic acid groups (broad SMARTS) is 1. The molecule has 0 heterocycles. The molecule has 29 heavy (non-hydrogen) atoms. The highest BCUT2D eigenvalue weighted by molar-refractivity contribution is 5.88. The van der Waals surface area contributed by atoms with Crippen molar-refractivity contribution < 1.29 is 19.4 Å². The van der Waals surface area contributed by atoms with E-state index >= 15 is 0 Å². The fourth-order valence-electron chi connectivity index (χ4n) is 3.49. The summed E-state index contributed by atoms with van der Waals surface area (Å²) in [7, 11) is 0. The molecule has 0 amide bonds. The lowest BCUT2D eigenvalue weighted by Crippen LogP contribution is -2.12. The molecule has 0 fully saturated rings. The molecule has 3 aromatic carbocycles. The zero-order chi connectivity index (χ0) is 20.8. The lowest BCUT2D eigenvalue weighted by molar-refractivity contribution is -0.136. The summed E-state index contributed by atoms with van der Waals surface area (Å²) in [5.74, 6) is 1.19. The molecule has 0 bridgehead atoms. The Hall–Kier alpha value is -3.01. The van der Waals surface area contributed by atoms with E-state index in [1.165, 1.54) is 5.56 Å². The van der Waals surface area contributed by atoms with Crippen molar-refractivity contribution in [3.8, 4) is 11.5 Å². The minimum absolute atomic E-state index is 0.0713. The fraction of sp³-hybridized carbons (Fsp3) is 0.320. The van der Waals surface area contributed by atoms with Gasteiger partial charge in [0.05, 0.1) is 0 Å². The van der Waals surface area contributed by atoms with Gasteiger partial charge < -0.3 is 14.6 Å². The van der Waals surface area contributed by atoms with Gasteiger partial charge in [0, 0.05) is 12.0 Å². The Morgan fingerprint density at radius 3 is 2.41 bits per heavy atom. The van der Waals surface area contributed by atoms with Crippen LogP contribution in [0.2, 0.25) is 0 Å². The molecule has 0 spiro atoms. The highest BCUT2D eigenvalue weighted by Crippen LogP contribution is 2.30. The van der Waals surface area contributed by atoms with Gasteiger partial charge in [-0.25, -0.2) is 0 Å². The molecule has 1 N–H and O–H groups in total. The van der Waals surface area contributed by atoms with E-state index in [0.717, 1.165) is 33.4 Å². The molecule has 152 valence electrons. The monoisotopic (exact) mass is 392 g/mol. The van der Waals surface area contributed by atoms with Gasteiger partial charge in [-0.1, -0.05) is 56.3 Å². The molecule has 0 saturated carbocycles. The summed E-state index contributed by atoms with van der Waals surface area (Å²) in [4.78, 5) is 11.1. The molecule has 3 rings (SSSR count). The number of fused-ring (bicyclic) bond motifs is 1. The van der Waals surface area contributed by atoms with Gasteiger partial charge >= 0.3 is 5.97 Å². The molecule has 3 aromatic rings. The Morgan fingerprint density at radius 2 is 1.69 bits per heavy atom. The summed E-state index contributed by atoms with van der Waals surface area (Å²) < 4.78 is 12.0. The van der Waals surface area contributed by atoms with E-state index in [4.69, 9.17) is 14.6 Å². The van der Waals surface area contributed by atoms with Gasteiger partial charge in [0.15, 0.2) is 0 Å². The molecular formula is C25H28O4. The Balaban J connectivity index is 1.72. The molecule has 0 radical (unpaired) electrons. The van der Waals surface area contributed by atoms with Gasteiger partial charge in [-0.3, -0.25) is 4.79 Å². The molecule has 4 heteroatoms. The van der Waals surface area contributed by atoms with Crippen LogP contribution in [0.4, 0.5) is 0 Å². The molecular weight excluding hydrogens is 364 g/mol. The summed E-state index contributed by atoms with van der Waals surface area (Å²) in [6, 6.07) is 18.2. The third-order valence-corrected chi connectivity index (χ3v) is 4.98. The maximum absolute atomic E-state index is 11.1. The van der Waals surface area contributed by atoms with Gasteiger partial charge in [0.2, 0.25) is 0 Å². The zero-order valence-corrected chi connectivity index (χ0v) is 17.3. The van der Waals surface area contributed by atoms with E-state index in [2.05, 4.69) is 39.0 Å². The highest BCUT2D eigenvalue weighted by atomic mass is 16.5. The van der Waals surface area contributed by atoms with Crippen LogP contribution in [-0.2, 0) is 11.2 Å². The number of carboxylic acids is 1. The minimum atomic E-state index is -0.812. The summed E-state index contributed by atoms with van der Waals surface area (Å²) in [5.41, 5.74) is 3.28. The summed E-state index contributed by atoms with van der Waals surface area (Å²) in [6.07, 6.45) is 0.504. The van der Waals surface area contributed by atoms with Crippen molar-refractivity contribution in [2.75, 3.05) is 13.2 Å². The van der Waals surface area contributed by atoms with Crippen molar-refractivity contribution in [2.24, 2.45) is 0 Å². The lowest BCUT2D eigenvalue weighted by atomic mass is 10.00. The van der Waals surface area contributed by atoms with Gasteiger partial charge in [-0.05, 0) is 53.3 Å². The molecule has 4 nitrogen and oxygen atoms in total. The van der Waals surface area contributed by atoms with Crippen molar-refractivity contribution in [1.29, 1.82) is 0 Å². The van der Waals surface area contributed by atoms with Crippen molar-refractivity contribution >= 4 is 16.7 Å². The van der Waals surface area contributed by atoms with Gasteiger partial charge in [-0.2, -0.15) is 0 Å². The molecule has 0 aliphatic carbocycles. The van der Waals surface area contributed by atoms with Crippen molar-refractivity contribution in [3.63, 3.8) is 0 Å². The Morgan fingerprint density at radius 1 is 0.966 bits per heavy atom. The SMILES string of the molecule is Cc1ccc(C(C)C)c(OCCOc2ccc3ccccc3c2CCC(=O)O)c1. The van der Waals surface area contributed by atoms with E-state index in [0.29, 0.717) is 25.6 Å². The van der Waals surface area contributed by atoms with Crippen molar-refractivity contribution in [3.05, 3.63) is 71.3 Å². The number of rotatable bonds is 9. The van der Waals surface area contributed by atoms with Crippen LogP contribution in [0.15, 0.2) is 54.6 Å². The van der Waals surface area contributed by atoms with Crippen LogP contribution in [0, 0.1) is 6.92 Å². The van der Waals surface area contributed by atoms with Crippen LogP contribution in [0.1, 0.15) is 42.9 Å². The third-order valence-electron chi connectivity index (χ3n) is 4.98. The minimum Gasteiger partial charge on any atom is -0.490 e. The highest BCUT2D eigenvalue weighted by Gasteiger charge is 2.12. The summed E-state index contributed by atoms with van der Waals surface area (Å²) in [6.45, 7) is 7.17. The molecule has 0 atom stereocenters. The van der Waals surface area contributed by atoms with E-state index < -0.39 is 5.97 Å². The first-order valence-electron chi connectivity index (χ1n) is 10.0. The molecule has 0 aliphatic heterocycles. The predicted molar refractivity (Wildman–Crippen MR) is 116 cm³/mol. The maximum atomic E-state index is 11.1. The number of hydrogen-bond acceptors (Lipinski definition) is 3. The van der Waals surface area contributed by atoms with Crippen molar-refractivity contribution in [1.82, 2.24) is 0 Å².